The fourth-order valence-electron chi connectivity index (χ4n) is 2.04. The maximum atomic E-state index is 10.7. The number of hydrogen-bond acceptors (Lipinski definition) is 3. The molecule has 0 unspecified atom stereocenters. The van der Waals surface area contributed by atoms with Crippen molar-refractivity contribution >= 4 is 17.0 Å². The Morgan fingerprint density at radius 2 is 2.21 bits per heavy atom. The van der Waals surface area contributed by atoms with Crippen LogP contribution in [0.1, 0.15) is 19.2 Å². The third kappa shape index (κ3) is 2.76. The van der Waals surface area contributed by atoms with E-state index in [1.165, 1.54) is 6.08 Å². The van der Waals surface area contributed by atoms with Crippen molar-refractivity contribution in [3.8, 4) is 0 Å². The van der Waals surface area contributed by atoms with E-state index in [-0.39, 0.29) is 5.70 Å². The summed E-state index contributed by atoms with van der Waals surface area (Å²) in [5.41, 5.74) is 7.26. The number of benzene rings is 1. The first-order valence-electron chi connectivity index (χ1n) is 6.26. The van der Waals surface area contributed by atoms with Crippen LogP contribution in [0.3, 0.4) is 0 Å². The van der Waals surface area contributed by atoms with Gasteiger partial charge >= 0.3 is 5.97 Å². The quantitative estimate of drug-likeness (QED) is 0.804. The number of imidazole rings is 1. The number of carboxylic acid groups (broad SMARTS) is 1. The van der Waals surface area contributed by atoms with Crippen molar-refractivity contribution in [1.82, 2.24) is 9.55 Å². The summed E-state index contributed by atoms with van der Waals surface area (Å²) in [7, 11) is 0. The molecule has 0 aliphatic heterocycles. The van der Waals surface area contributed by atoms with Crippen molar-refractivity contribution in [2.75, 3.05) is 0 Å². The topological polar surface area (TPSA) is 81.1 Å². The van der Waals surface area contributed by atoms with Crippen LogP contribution in [0, 0.1) is 0 Å². The van der Waals surface area contributed by atoms with Crippen LogP contribution in [-0.4, -0.2) is 20.6 Å². The second kappa shape index (κ2) is 5.56. The van der Waals surface area contributed by atoms with Crippen LogP contribution in [-0.2, 0) is 17.8 Å². The highest BCUT2D eigenvalue weighted by molar-refractivity contribution is 5.85. The second-order valence-electron chi connectivity index (χ2n) is 4.34. The summed E-state index contributed by atoms with van der Waals surface area (Å²) in [5, 5.41) is 8.75. The molecule has 5 heteroatoms. The average molecular weight is 259 g/mol. The van der Waals surface area contributed by atoms with E-state index in [9.17, 15) is 4.79 Å². The molecule has 0 fully saturated rings. The summed E-state index contributed by atoms with van der Waals surface area (Å²) >= 11 is 0. The van der Waals surface area contributed by atoms with Crippen LogP contribution >= 0.6 is 0 Å². The minimum Gasteiger partial charge on any atom is -0.477 e. The van der Waals surface area contributed by atoms with E-state index in [1.807, 2.05) is 24.3 Å². The van der Waals surface area contributed by atoms with E-state index in [1.54, 1.807) is 0 Å². The summed E-state index contributed by atoms with van der Waals surface area (Å²) < 4.78 is 2.11. The molecule has 0 saturated carbocycles. The zero-order chi connectivity index (χ0) is 13.8. The summed E-state index contributed by atoms with van der Waals surface area (Å²) in [4.78, 5) is 15.2. The number of carboxylic acids is 1. The molecule has 0 bridgehead atoms. The van der Waals surface area contributed by atoms with Crippen LogP contribution in [0.5, 0.6) is 0 Å². The standard InChI is InChI=1S/C14H17N3O2/c1-2-9-17-12-6-4-3-5-11(12)16-13(17)8-7-10(15)14(18)19/h3-7H,2,8-9,15H2,1H3,(H,18,19)/b10-7+. The number of aryl methyl sites for hydroxylation is 1. The van der Waals surface area contributed by atoms with Gasteiger partial charge in [0, 0.05) is 13.0 Å². The third-order valence-electron chi connectivity index (χ3n) is 2.93. The molecule has 2 aromatic rings. The molecule has 0 spiro atoms. The van der Waals surface area contributed by atoms with Crippen molar-refractivity contribution in [2.24, 2.45) is 5.73 Å². The number of hydrogen-bond donors (Lipinski definition) is 2. The summed E-state index contributed by atoms with van der Waals surface area (Å²) in [6.45, 7) is 2.96. The van der Waals surface area contributed by atoms with Crippen molar-refractivity contribution < 1.29 is 9.90 Å². The first kappa shape index (κ1) is 13.1. The van der Waals surface area contributed by atoms with Gasteiger partial charge in [0.05, 0.1) is 11.0 Å². The van der Waals surface area contributed by atoms with Gasteiger partial charge in [-0.15, -0.1) is 0 Å². The Morgan fingerprint density at radius 3 is 2.89 bits per heavy atom. The van der Waals surface area contributed by atoms with E-state index >= 15 is 0 Å². The molecule has 5 nitrogen and oxygen atoms in total. The Labute approximate surface area is 111 Å². The van der Waals surface area contributed by atoms with Crippen LogP contribution < -0.4 is 5.73 Å². The fourth-order valence-corrected chi connectivity index (χ4v) is 2.04. The number of nitrogens with zero attached hydrogens (tertiary/aromatic N) is 2. The largest absolute Gasteiger partial charge is 0.477 e. The molecule has 1 aromatic heterocycles. The van der Waals surface area contributed by atoms with Gasteiger partial charge in [-0.3, -0.25) is 0 Å². The minimum atomic E-state index is -1.10. The van der Waals surface area contributed by atoms with Crippen molar-refractivity contribution in [2.45, 2.75) is 26.3 Å². The van der Waals surface area contributed by atoms with E-state index in [0.717, 1.165) is 29.8 Å². The highest BCUT2D eigenvalue weighted by Crippen LogP contribution is 2.17. The second-order valence-corrected chi connectivity index (χ2v) is 4.34. The number of aliphatic carboxylic acids is 1. The Bertz CT molecular complexity index is 629. The molecule has 1 heterocycles. The van der Waals surface area contributed by atoms with Crippen LogP contribution in [0.4, 0.5) is 0 Å². The number of rotatable bonds is 5. The van der Waals surface area contributed by atoms with Gasteiger partial charge < -0.3 is 15.4 Å². The molecule has 100 valence electrons. The van der Waals surface area contributed by atoms with Gasteiger partial charge in [0.1, 0.15) is 11.5 Å². The van der Waals surface area contributed by atoms with Crippen LogP contribution in [0.2, 0.25) is 0 Å². The van der Waals surface area contributed by atoms with Gasteiger partial charge in [0.15, 0.2) is 0 Å². The maximum Gasteiger partial charge on any atom is 0.351 e. The zero-order valence-electron chi connectivity index (χ0n) is 10.8. The first-order chi connectivity index (χ1) is 9.13. The lowest BCUT2D eigenvalue weighted by Crippen LogP contribution is -2.11. The van der Waals surface area contributed by atoms with Crippen molar-refractivity contribution in [3.05, 3.63) is 41.9 Å². The Balaban J connectivity index is 2.39. The fraction of sp³-hybridized carbons (Fsp3) is 0.286. The van der Waals surface area contributed by atoms with Crippen molar-refractivity contribution in [3.63, 3.8) is 0 Å². The number of para-hydroxylation sites is 2. The zero-order valence-corrected chi connectivity index (χ0v) is 10.8. The van der Waals surface area contributed by atoms with Gasteiger partial charge in [-0.1, -0.05) is 19.1 Å². The van der Waals surface area contributed by atoms with Gasteiger partial charge in [-0.25, -0.2) is 9.78 Å². The van der Waals surface area contributed by atoms with Gasteiger partial charge in [-0.05, 0) is 24.6 Å². The van der Waals surface area contributed by atoms with E-state index < -0.39 is 5.97 Å². The molecular formula is C14H17N3O2. The molecule has 19 heavy (non-hydrogen) atoms. The number of aromatic nitrogens is 2. The molecule has 0 aliphatic carbocycles. The van der Waals surface area contributed by atoms with Crippen LogP contribution in [0.15, 0.2) is 36.0 Å². The monoisotopic (exact) mass is 259 g/mol. The smallest absolute Gasteiger partial charge is 0.351 e. The van der Waals surface area contributed by atoms with Crippen molar-refractivity contribution in [1.29, 1.82) is 0 Å². The summed E-state index contributed by atoms with van der Waals surface area (Å²) in [5.74, 6) is -0.259. The van der Waals surface area contributed by atoms with E-state index in [4.69, 9.17) is 10.8 Å². The predicted octanol–water partition coefficient (Wildman–Crippen LogP) is 1.92. The molecule has 2 rings (SSSR count). The normalized spacial score (nSPS) is 11.9. The lowest BCUT2D eigenvalue weighted by molar-refractivity contribution is -0.132. The molecular weight excluding hydrogens is 242 g/mol. The molecule has 0 atom stereocenters. The predicted molar refractivity (Wildman–Crippen MR) is 73.6 cm³/mol. The Morgan fingerprint density at radius 1 is 1.47 bits per heavy atom. The maximum absolute atomic E-state index is 10.7. The highest BCUT2D eigenvalue weighted by Gasteiger charge is 2.09. The molecule has 0 saturated heterocycles. The van der Waals surface area contributed by atoms with Crippen LogP contribution in [0.25, 0.3) is 11.0 Å². The average Bonchev–Trinajstić information content (AvgIpc) is 2.75. The number of nitrogens with two attached hydrogens (primary N) is 1. The SMILES string of the molecule is CCCn1c(C/C=C(/N)C(=O)O)nc2ccccc21. The summed E-state index contributed by atoms with van der Waals surface area (Å²) in [6, 6.07) is 7.89. The molecule has 0 aliphatic rings. The first-order valence-corrected chi connectivity index (χ1v) is 6.26. The molecule has 0 radical (unpaired) electrons. The minimum absolute atomic E-state index is 0.143. The summed E-state index contributed by atoms with van der Waals surface area (Å²) in [6.07, 6.45) is 2.91. The third-order valence-corrected chi connectivity index (χ3v) is 2.93. The Kier molecular flexibility index (Phi) is 3.85. The molecule has 1 aromatic carbocycles. The number of fused-ring (bicyclic) bond motifs is 1. The lowest BCUT2D eigenvalue weighted by atomic mass is 10.3. The molecule has 3 N–H and O–H groups in total. The number of allylic oxidation sites excluding steroid dienone is 1. The van der Waals surface area contributed by atoms with E-state index in [0.29, 0.717) is 6.42 Å². The Hall–Kier alpha value is -2.30. The van der Waals surface area contributed by atoms with Gasteiger partial charge in [-0.2, -0.15) is 0 Å². The number of carbonyl (C=O) groups is 1. The molecule has 0 amide bonds. The lowest BCUT2D eigenvalue weighted by Gasteiger charge is -2.06. The van der Waals surface area contributed by atoms with Gasteiger partial charge in [0.25, 0.3) is 0 Å². The highest BCUT2D eigenvalue weighted by atomic mass is 16.4. The van der Waals surface area contributed by atoms with Gasteiger partial charge in [0.2, 0.25) is 0 Å². The van der Waals surface area contributed by atoms with E-state index in [2.05, 4.69) is 16.5 Å².